The standard InChI is InChI=1S/C19H23ClN2O5/c1-11-8-14(16(26-2)9-13(11)20)22-17(23)10-15(18(22)24)21-6-4-12(5-7-21)19(25)27-3/h8-9,12,15H,4-7,10H2,1-3H3/t15-/m0/s1. The van der Waals surface area contributed by atoms with Crippen LogP contribution < -0.4 is 9.64 Å². The second-order valence-corrected chi connectivity index (χ2v) is 7.30. The Morgan fingerprint density at radius 2 is 1.85 bits per heavy atom. The second-order valence-electron chi connectivity index (χ2n) is 6.89. The van der Waals surface area contributed by atoms with Crippen molar-refractivity contribution in [3.05, 3.63) is 22.7 Å². The van der Waals surface area contributed by atoms with Gasteiger partial charge in [0.1, 0.15) is 5.75 Å². The van der Waals surface area contributed by atoms with Crippen LogP contribution in [0.25, 0.3) is 0 Å². The van der Waals surface area contributed by atoms with Crippen molar-refractivity contribution in [3.8, 4) is 5.75 Å². The van der Waals surface area contributed by atoms with Crippen molar-refractivity contribution in [1.29, 1.82) is 0 Å². The van der Waals surface area contributed by atoms with E-state index in [0.29, 0.717) is 42.4 Å². The van der Waals surface area contributed by atoms with Crippen LogP contribution in [0.5, 0.6) is 5.75 Å². The predicted molar refractivity (Wildman–Crippen MR) is 100.0 cm³/mol. The number of likely N-dealkylation sites (tertiary alicyclic amines) is 1. The zero-order valence-corrected chi connectivity index (χ0v) is 16.4. The average Bonchev–Trinajstić information content (AvgIpc) is 2.97. The summed E-state index contributed by atoms with van der Waals surface area (Å²) in [5.74, 6) is -0.506. The van der Waals surface area contributed by atoms with E-state index < -0.39 is 6.04 Å². The van der Waals surface area contributed by atoms with Gasteiger partial charge in [-0.1, -0.05) is 11.6 Å². The smallest absolute Gasteiger partial charge is 0.308 e. The molecule has 1 aromatic carbocycles. The lowest BCUT2D eigenvalue weighted by molar-refractivity contribution is -0.147. The zero-order chi connectivity index (χ0) is 19.7. The van der Waals surface area contributed by atoms with E-state index in [0.717, 1.165) is 5.56 Å². The fourth-order valence-corrected chi connectivity index (χ4v) is 3.91. The van der Waals surface area contributed by atoms with Crippen LogP contribution in [0.2, 0.25) is 5.02 Å². The number of halogens is 1. The molecule has 2 fully saturated rings. The third kappa shape index (κ3) is 3.66. The molecule has 0 radical (unpaired) electrons. The monoisotopic (exact) mass is 394 g/mol. The molecular weight excluding hydrogens is 372 g/mol. The van der Waals surface area contributed by atoms with Gasteiger partial charge in [-0.3, -0.25) is 19.3 Å². The maximum absolute atomic E-state index is 13.0. The van der Waals surface area contributed by atoms with Gasteiger partial charge < -0.3 is 9.47 Å². The topological polar surface area (TPSA) is 76.2 Å². The van der Waals surface area contributed by atoms with E-state index in [1.165, 1.54) is 19.1 Å². The zero-order valence-electron chi connectivity index (χ0n) is 15.7. The minimum absolute atomic E-state index is 0.118. The minimum Gasteiger partial charge on any atom is -0.495 e. The first-order valence-corrected chi connectivity index (χ1v) is 9.28. The number of imide groups is 1. The minimum atomic E-state index is -0.517. The van der Waals surface area contributed by atoms with E-state index in [4.69, 9.17) is 21.1 Å². The summed E-state index contributed by atoms with van der Waals surface area (Å²) in [6.07, 6.45) is 1.36. The Morgan fingerprint density at radius 3 is 2.44 bits per heavy atom. The lowest BCUT2D eigenvalue weighted by atomic mass is 9.95. The van der Waals surface area contributed by atoms with E-state index in [1.807, 2.05) is 11.8 Å². The number of benzene rings is 1. The fourth-order valence-electron chi connectivity index (χ4n) is 3.75. The number of methoxy groups -OCH3 is 2. The van der Waals surface area contributed by atoms with Crippen LogP contribution >= 0.6 is 11.6 Å². The average molecular weight is 395 g/mol. The molecule has 7 nitrogen and oxygen atoms in total. The van der Waals surface area contributed by atoms with Crippen LogP contribution in [0, 0.1) is 12.8 Å². The van der Waals surface area contributed by atoms with E-state index in [2.05, 4.69) is 0 Å². The van der Waals surface area contributed by atoms with Crippen molar-refractivity contribution in [2.75, 3.05) is 32.2 Å². The lowest BCUT2D eigenvalue weighted by Crippen LogP contribution is -2.47. The van der Waals surface area contributed by atoms with Crippen LogP contribution in [-0.2, 0) is 19.1 Å². The second kappa shape index (κ2) is 7.86. The van der Waals surface area contributed by atoms with Crippen LogP contribution in [0.3, 0.4) is 0 Å². The number of hydrogen-bond acceptors (Lipinski definition) is 6. The van der Waals surface area contributed by atoms with E-state index in [1.54, 1.807) is 12.1 Å². The Bertz CT molecular complexity index is 774. The van der Waals surface area contributed by atoms with Gasteiger partial charge in [0.15, 0.2) is 0 Å². The Kier molecular flexibility index (Phi) is 5.72. The van der Waals surface area contributed by atoms with Crippen LogP contribution in [0.1, 0.15) is 24.8 Å². The molecule has 2 amide bonds. The third-order valence-electron chi connectivity index (χ3n) is 5.33. The van der Waals surface area contributed by atoms with Gasteiger partial charge in [0, 0.05) is 11.1 Å². The molecule has 1 aromatic rings. The molecule has 0 N–H and O–H groups in total. The SMILES string of the molecule is COC(=O)C1CCN([C@H]2CC(=O)N(c3cc(C)c(Cl)cc3OC)C2=O)CC1. The molecule has 146 valence electrons. The van der Waals surface area contributed by atoms with Crippen molar-refractivity contribution >= 4 is 35.1 Å². The van der Waals surface area contributed by atoms with Gasteiger partial charge >= 0.3 is 5.97 Å². The first kappa shape index (κ1) is 19.6. The maximum Gasteiger partial charge on any atom is 0.308 e. The predicted octanol–water partition coefficient (Wildman–Crippen LogP) is 2.17. The van der Waals surface area contributed by atoms with Crippen LogP contribution in [0.15, 0.2) is 12.1 Å². The highest BCUT2D eigenvalue weighted by Gasteiger charge is 2.45. The number of esters is 1. The molecule has 2 heterocycles. The van der Waals surface area contributed by atoms with E-state index >= 15 is 0 Å². The van der Waals surface area contributed by atoms with Gasteiger partial charge in [0.2, 0.25) is 5.91 Å². The number of aryl methyl sites for hydroxylation is 1. The van der Waals surface area contributed by atoms with Crippen molar-refractivity contribution in [1.82, 2.24) is 4.90 Å². The summed E-state index contributed by atoms with van der Waals surface area (Å²) in [5, 5.41) is 0.510. The highest BCUT2D eigenvalue weighted by atomic mass is 35.5. The number of rotatable bonds is 4. The van der Waals surface area contributed by atoms with Crippen LogP contribution in [0.4, 0.5) is 5.69 Å². The number of carbonyl (C=O) groups excluding carboxylic acids is 3. The molecule has 8 heteroatoms. The number of piperidine rings is 1. The maximum atomic E-state index is 13.0. The molecule has 2 aliphatic rings. The van der Waals surface area contributed by atoms with Gasteiger partial charge in [-0.05, 0) is 44.5 Å². The Labute approximate surface area is 163 Å². The number of amides is 2. The summed E-state index contributed by atoms with van der Waals surface area (Å²) in [5.41, 5.74) is 1.18. The molecule has 0 aromatic heterocycles. The number of nitrogens with zero attached hydrogens (tertiary/aromatic N) is 2. The normalized spacial score (nSPS) is 21.6. The Morgan fingerprint density at radius 1 is 1.19 bits per heavy atom. The van der Waals surface area contributed by atoms with E-state index in [9.17, 15) is 14.4 Å². The summed E-state index contributed by atoms with van der Waals surface area (Å²) < 4.78 is 10.1. The summed E-state index contributed by atoms with van der Waals surface area (Å²) in [7, 11) is 2.86. The van der Waals surface area contributed by atoms with Crippen LogP contribution in [-0.4, -0.2) is 56.0 Å². The number of hydrogen-bond donors (Lipinski definition) is 0. The largest absolute Gasteiger partial charge is 0.495 e. The molecule has 0 aliphatic carbocycles. The van der Waals surface area contributed by atoms with Gasteiger partial charge in [0.05, 0.1) is 38.3 Å². The highest BCUT2D eigenvalue weighted by molar-refractivity contribution is 6.32. The lowest BCUT2D eigenvalue weighted by Gasteiger charge is -2.33. The number of ether oxygens (including phenoxy) is 2. The molecular formula is C19H23ClN2O5. The molecule has 2 saturated heterocycles. The van der Waals surface area contributed by atoms with Gasteiger partial charge in [0.25, 0.3) is 5.91 Å². The molecule has 3 rings (SSSR count). The molecule has 27 heavy (non-hydrogen) atoms. The molecule has 1 atom stereocenters. The van der Waals surface area contributed by atoms with E-state index in [-0.39, 0.29) is 30.1 Å². The van der Waals surface area contributed by atoms with Gasteiger partial charge in [-0.2, -0.15) is 0 Å². The molecule has 0 unspecified atom stereocenters. The quantitative estimate of drug-likeness (QED) is 0.575. The van der Waals surface area contributed by atoms with Gasteiger partial charge in [-0.25, -0.2) is 4.90 Å². The third-order valence-corrected chi connectivity index (χ3v) is 5.74. The molecule has 2 aliphatic heterocycles. The van der Waals surface area contributed by atoms with Crippen molar-refractivity contribution in [2.24, 2.45) is 5.92 Å². The molecule has 0 bridgehead atoms. The summed E-state index contributed by atoms with van der Waals surface area (Å²) in [6, 6.07) is 2.79. The first-order chi connectivity index (χ1) is 12.9. The Balaban J connectivity index is 1.79. The van der Waals surface area contributed by atoms with Crippen molar-refractivity contribution in [2.45, 2.75) is 32.2 Å². The first-order valence-electron chi connectivity index (χ1n) is 8.90. The number of anilines is 1. The fraction of sp³-hybridized carbons (Fsp3) is 0.526. The van der Waals surface area contributed by atoms with Crippen molar-refractivity contribution < 1.29 is 23.9 Å². The summed E-state index contributed by atoms with van der Waals surface area (Å²) in [6.45, 7) is 2.97. The van der Waals surface area contributed by atoms with Gasteiger partial charge in [-0.15, -0.1) is 0 Å². The Hall–Kier alpha value is -2.12. The highest BCUT2D eigenvalue weighted by Crippen LogP contribution is 2.37. The molecule has 0 spiro atoms. The molecule has 0 saturated carbocycles. The summed E-state index contributed by atoms with van der Waals surface area (Å²) in [4.78, 5) is 40.5. The number of carbonyl (C=O) groups is 3. The summed E-state index contributed by atoms with van der Waals surface area (Å²) >= 11 is 6.13. The van der Waals surface area contributed by atoms with Crippen molar-refractivity contribution in [3.63, 3.8) is 0 Å².